The van der Waals surface area contributed by atoms with Gasteiger partial charge in [0.2, 0.25) is 0 Å². The van der Waals surface area contributed by atoms with Gasteiger partial charge in [-0.05, 0) is 38.3 Å². The van der Waals surface area contributed by atoms with Crippen molar-refractivity contribution in [3.63, 3.8) is 0 Å². The summed E-state index contributed by atoms with van der Waals surface area (Å²) in [5.41, 5.74) is 0. The number of nitrogens with zero attached hydrogens (tertiary/aromatic N) is 1. The molecule has 1 heterocycles. The van der Waals surface area contributed by atoms with Crippen molar-refractivity contribution in [2.75, 3.05) is 20.1 Å². The molecule has 0 bridgehead atoms. The first kappa shape index (κ1) is 13.0. The maximum Gasteiger partial charge on any atom is 0.000905 e. The molecule has 0 spiro atoms. The van der Waals surface area contributed by atoms with E-state index in [0.29, 0.717) is 0 Å². The van der Waals surface area contributed by atoms with Gasteiger partial charge in [-0.25, -0.2) is 0 Å². The van der Waals surface area contributed by atoms with E-state index in [1.54, 1.807) is 0 Å². The number of hydrogen-bond donors (Lipinski definition) is 0. The van der Waals surface area contributed by atoms with Crippen molar-refractivity contribution < 1.29 is 0 Å². The summed E-state index contributed by atoms with van der Waals surface area (Å²) in [6.07, 6.45) is 4.29. The molecular weight excluding hydrogens is 158 g/mol. The van der Waals surface area contributed by atoms with E-state index in [1.165, 1.54) is 32.4 Å². The molecule has 1 unspecified atom stereocenters. The third kappa shape index (κ3) is 5.30. The van der Waals surface area contributed by atoms with Gasteiger partial charge < -0.3 is 4.90 Å². The first-order valence-corrected chi connectivity index (χ1v) is 5.88. The predicted molar refractivity (Wildman–Crippen MR) is 61.0 cm³/mol. The maximum atomic E-state index is 2.48. The van der Waals surface area contributed by atoms with Crippen LogP contribution in [-0.4, -0.2) is 25.0 Å². The second-order valence-electron chi connectivity index (χ2n) is 4.26. The molecule has 0 saturated carbocycles. The predicted octanol–water partition coefficient (Wildman–Crippen LogP) is 3.40. The van der Waals surface area contributed by atoms with E-state index in [0.717, 1.165) is 11.8 Å². The first-order valence-electron chi connectivity index (χ1n) is 5.88. The molecule has 1 saturated heterocycles. The van der Waals surface area contributed by atoms with Crippen molar-refractivity contribution in [2.24, 2.45) is 11.8 Å². The first-order chi connectivity index (χ1) is 6.20. The second-order valence-corrected chi connectivity index (χ2v) is 4.26. The Kier molecular flexibility index (Phi) is 7.35. The minimum Gasteiger partial charge on any atom is -0.306 e. The van der Waals surface area contributed by atoms with Crippen molar-refractivity contribution in [1.82, 2.24) is 4.90 Å². The van der Waals surface area contributed by atoms with Crippen molar-refractivity contribution >= 4 is 0 Å². The molecule has 0 N–H and O–H groups in total. The average Bonchev–Trinajstić information content (AvgIpc) is 2.33. The molecule has 1 aliphatic rings. The summed E-state index contributed by atoms with van der Waals surface area (Å²) in [6, 6.07) is 0. The maximum absolute atomic E-state index is 2.48. The standard InChI is InChI=1S/C10H21N.C2H6/c1-9(2)10-6-4-5-7-11(3)8-10;1-2/h9-10H,4-8H2,1-3H3;1-2H3. The zero-order valence-electron chi connectivity index (χ0n) is 10.1. The van der Waals surface area contributed by atoms with Gasteiger partial charge in [0.25, 0.3) is 0 Å². The van der Waals surface area contributed by atoms with E-state index in [4.69, 9.17) is 0 Å². The van der Waals surface area contributed by atoms with Gasteiger partial charge in [-0.2, -0.15) is 0 Å². The zero-order valence-corrected chi connectivity index (χ0v) is 10.1. The zero-order chi connectivity index (χ0) is 10.3. The lowest BCUT2D eigenvalue weighted by atomic mass is 9.91. The summed E-state index contributed by atoms with van der Waals surface area (Å²) in [4.78, 5) is 2.48. The van der Waals surface area contributed by atoms with Crippen LogP contribution in [0.3, 0.4) is 0 Å². The lowest BCUT2D eigenvalue weighted by Crippen LogP contribution is -2.26. The number of rotatable bonds is 1. The fourth-order valence-corrected chi connectivity index (χ4v) is 1.92. The Morgan fingerprint density at radius 3 is 2.31 bits per heavy atom. The highest BCUT2D eigenvalue weighted by atomic mass is 15.1. The summed E-state index contributed by atoms with van der Waals surface area (Å²) in [6.45, 7) is 11.3. The van der Waals surface area contributed by atoms with Gasteiger partial charge in [0.05, 0.1) is 0 Å². The van der Waals surface area contributed by atoms with E-state index >= 15 is 0 Å². The molecule has 1 nitrogen and oxygen atoms in total. The van der Waals surface area contributed by atoms with E-state index in [2.05, 4.69) is 25.8 Å². The van der Waals surface area contributed by atoms with Gasteiger partial charge in [-0.15, -0.1) is 0 Å². The Morgan fingerprint density at radius 1 is 1.15 bits per heavy atom. The van der Waals surface area contributed by atoms with Crippen LogP contribution in [-0.2, 0) is 0 Å². The molecule has 1 fully saturated rings. The monoisotopic (exact) mass is 185 g/mol. The SMILES string of the molecule is CC.CC(C)C1CCCCN(C)C1. The molecule has 80 valence electrons. The Bertz CT molecular complexity index is 110. The Labute approximate surface area is 84.5 Å². The molecule has 1 aliphatic heterocycles. The van der Waals surface area contributed by atoms with Crippen molar-refractivity contribution in [1.29, 1.82) is 0 Å². The summed E-state index contributed by atoms with van der Waals surface area (Å²) < 4.78 is 0. The highest BCUT2D eigenvalue weighted by Crippen LogP contribution is 2.21. The van der Waals surface area contributed by atoms with Crippen LogP contribution in [0, 0.1) is 11.8 Å². The van der Waals surface area contributed by atoms with Crippen LogP contribution in [0.4, 0.5) is 0 Å². The fraction of sp³-hybridized carbons (Fsp3) is 1.00. The van der Waals surface area contributed by atoms with Crippen LogP contribution in [0.2, 0.25) is 0 Å². The molecule has 1 heteroatoms. The summed E-state index contributed by atoms with van der Waals surface area (Å²) in [7, 11) is 2.25. The number of hydrogen-bond acceptors (Lipinski definition) is 1. The normalized spacial score (nSPS) is 24.9. The highest BCUT2D eigenvalue weighted by Gasteiger charge is 2.17. The lowest BCUT2D eigenvalue weighted by molar-refractivity contribution is 0.255. The van der Waals surface area contributed by atoms with Gasteiger partial charge in [-0.3, -0.25) is 0 Å². The molecule has 13 heavy (non-hydrogen) atoms. The summed E-state index contributed by atoms with van der Waals surface area (Å²) in [5, 5.41) is 0. The molecule has 0 radical (unpaired) electrons. The molecule has 0 aromatic heterocycles. The van der Waals surface area contributed by atoms with Gasteiger partial charge >= 0.3 is 0 Å². The molecule has 0 aliphatic carbocycles. The van der Waals surface area contributed by atoms with E-state index in [9.17, 15) is 0 Å². The smallest absolute Gasteiger partial charge is 0.000905 e. The topological polar surface area (TPSA) is 3.24 Å². The Hall–Kier alpha value is -0.0400. The van der Waals surface area contributed by atoms with E-state index in [-0.39, 0.29) is 0 Å². The van der Waals surface area contributed by atoms with Crippen LogP contribution in [0.25, 0.3) is 0 Å². The third-order valence-corrected chi connectivity index (χ3v) is 2.85. The highest BCUT2D eigenvalue weighted by molar-refractivity contribution is 4.70. The Morgan fingerprint density at radius 2 is 1.77 bits per heavy atom. The van der Waals surface area contributed by atoms with Crippen molar-refractivity contribution in [2.45, 2.75) is 47.0 Å². The van der Waals surface area contributed by atoms with E-state index in [1.807, 2.05) is 13.8 Å². The quantitative estimate of drug-likeness (QED) is 0.605. The van der Waals surface area contributed by atoms with Gasteiger partial charge in [0.15, 0.2) is 0 Å². The second kappa shape index (κ2) is 7.37. The van der Waals surface area contributed by atoms with Crippen LogP contribution in [0.15, 0.2) is 0 Å². The van der Waals surface area contributed by atoms with E-state index < -0.39 is 0 Å². The largest absolute Gasteiger partial charge is 0.306 e. The Balaban J connectivity index is 0.000000671. The van der Waals surface area contributed by atoms with Crippen LogP contribution < -0.4 is 0 Å². The summed E-state index contributed by atoms with van der Waals surface area (Å²) in [5.74, 6) is 1.82. The molecular formula is C12H27N. The molecule has 0 aromatic rings. The van der Waals surface area contributed by atoms with Crippen LogP contribution in [0.1, 0.15) is 47.0 Å². The van der Waals surface area contributed by atoms with Crippen molar-refractivity contribution in [3.05, 3.63) is 0 Å². The minimum absolute atomic E-state index is 0.871. The molecule has 0 amide bonds. The van der Waals surface area contributed by atoms with Gasteiger partial charge in [-0.1, -0.05) is 34.1 Å². The third-order valence-electron chi connectivity index (χ3n) is 2.85. The molecule has 1 atom stereocenters. The van der Waals surface area contributed by atoms with Crippen LogP contribution in [0.5, 0.6) is 0 Å². The number of likely N-dealkylation sites (tertiary alicyclic amines) is 1. The molecule has 1 rings (SSSR count). The molecule has 0 aromatic carbocycles. The minimum atomic E-state index is 0.871. The van der Waals surface area contributed by atoms with Crippen LogP contribution >= 0.6 is 0 Å². The average molecular weight is 185 g/mol. The van der Waals surface area contributed by atoms with Gasteiger partial charge in [0, 0.05) is 6.54 Å². The van der Waals surface area contributed by atoms with Gasteiger partial charge in [0.1, 0.15) is 0 Å². The summed E-state index contributed by atoms with van der Waals surface area (Å²) >= 11 is 0. The lowest BCUT2D eigenvalue weighted by Gasteiger charge is -2.22. The fourth-order valence-electron chi connectivity index (χ4n) is 1.92. The van der Waals surface area contributed by atoms with Crippen molar-refractivity contribution in [3.8, 4) is 0 Å².